The van der Waals surface area contributed by atoms with Crippen LogP contribution in [0.15, 0.2) is 48.5 Å². The van der Waals surface area contributed by atoms with Crippen molar-refractivity contribution in [2.24, 2.45) is 0 Å². The minimum Gasteiger partial charge on any atom is -0.491 e. The molecule has 2 aromatic rings. The first-order valence-corrected chi connectivity index (χ1v) is 9.53. The molecule has 26 heavy (non-hydrogen) atoms. The molecule has 0 saturated carbocycles. The molecule has 140 valence electrons. The van der Waals surface area contributed by atoms with E-state index in [9.17, 15) is 5.11 Å². The zero-order chi connectivity index (χ0) is 18.4. The third kappa shape index (κ3) is 5.71. The highest BCUT2D eigenvalue weighted by atomic mass is 35.5. The van der Waals surface area contributed by atoms with Gasteiger partial charge in [-0.3, -0.25) is 9.80 Å². The van der Waals surface area contributed by atoms with Gasteiger partial charge in [0.15, 0.2) is 0 Å². The van der Waals surface area contributed by atoms with Gasteiger partial charge in [0.05, 0.1) is 0 Å². The van der Waals surface area contributed by atoms with Crippen LogP contribution in [0.1, 0.15) is 11.1 Å². The fraction of sp³-hybridized carbons (Fsp3) is 0.429. The molecular weight excluding hydrogens is 348 g/mol. The Labute approximate surface area is 160 Å². The van der Waals surface area contributed by atoms with Gasteiger partial charge in [-0.1, -0.05) is 41.9 Å². The number of hydrogen-bond acceptors (Lipinski definition) is 4. The molecule has 0 bridgehead atoms. The number of aliphatic hydroxyl groups is 1. The van der Waals surface area contributed by atoms with Crippen molar-refractivity contribution in [2.45, 2.75) is 19.6 Å². The number of rotatable bonds is 7. The SMILES string of the molecule is Cc1cc(OC[C@@H](O)CN2CCN(Cc3ccccc3)CC2)ccc1Cl. The van der Waals surface area contributed by atoms with E-state index in [-0.39, 0.29) is 0 Å². The van der Waals surface area contributed by atoms with Crippen molar-refractivity contribution in [1.29, 1.82) is 0 Å². The van der Waals surface area contributed by atoms with Crippen LogP contribution < -0.4 is 4.74 Å². The number of ether oxygens (including phenoxy) is 1. The molecule has 1 fully saturated rings. The largest absolute Gasteiger partial charge is 0.491 e. The number of β-amino-alcohol motifs (C(OH)–C–C–N with tert-alkyl or cyclic N) is 1. The fourth-order valence-corrected chi connectivity index (χ4v) is 3.34. The van der Waals surface area contributed by atoms with Crippen LogP contribution in [0.25, 0.3) is 0 Å². The van der Waals surface area contributed by atoms with E-state index in [2.05, 4.69) is 40.1 Å². The Balaban J connectivity index is 1.37. The Kier molecular flexibility index (Phi) is 6.92. The van der Waals surface area contributed by atoms with Crippen molar-refractivity contribution in [2.75, 3.05) is 39.3 Å². The molecule has 4 nitrogen and oxygen atoms in total. The summed E-state index contributed by atoms with van der Waals surface area (Å²) in [6.07, 6.45) is -0.494. The highest BCUT2D eigenvalue weighted by Crippen LogP contribution is 2.21. The van der Waals surface area contributed by atoms with Crippen LogP contribution in [0.5, 0.6) is 5.75 Å². The van der Waals surface area contributed by atoms with Gasteiger partial charge in [0, 0.05) is 44.3 Å². The maximum absolute atomic E-state index is 10.3. The number of nitrogens with zero attached hydrogens (tertiary/aromatic N) is 2. The molecule has 1 atom stereocenters. The Morgan fingerprint density at radius 3 is 2.42 bits per heavy atom. The summed E-state index contributed by atoms with van der Waals surface area (Å²) in [4.78, 5) is 4.77. The van der Waals surface area contributed by atoms with E-state index in [1.807, 2.05) is 25.1 Å². The summed E-state index contributed by atoms with van der Waals surface area (Å²) >= 11 is 6.02. The molecule has 1 N–H and O–H groups in total. The van der Waals surface area contributed by atoms with Crippen LogP contribution in [0.4, 0.5) is 0 Å². The summed E-state index contributed by atoms with van der Waals surface area (Å²) in [5.74, 6) is 0.749. The number of piperazine rings is 1. The quantitative estimate of drug-likeness (QED) is 0.807. The van der Waals surface area contributed by atoms with E-state index in [4.69, 9.17) is 16.3 Å². The van der Waals surface area contributed by atoms with Crippen molar-refractivity contribution >= 4 is 11.6 Å². The zero-order valence-electron chi connectivity index (χ0n) is 15.3. The lowest BCUT2D eigenvalue weighted by molar-refractivity contribution is 0.0446. The van der Waals surface area contributed by atoms with Crippen molar-refractivity contribution in [3.05, 3.63) is 64.7 Å². The first-order valence-electron chi connectivity index (χ1n) is 9.16. The summed E-state index contributed by atoms with van der Waals surface area (Å²) in [5, 5.41) is 11.0. The number of hydrogen-bond donors (Lipinski definition) is 1. The molecule has 1 saturated heterocycles. The van der Waals surface area contributed by atoms with Crippen LogP contribution in [0.2, 0.25) is 5.02 Å². The molecule has 0 spiro atoms. The highest BCUT2D eigenvalue weighted by molar-refractivity contribution is 6.31. The van der Waals surface area contributed by atoms with Crippen LogP contribution in [0, 0.1) is 6.92 Å². The second kappa shape index (κ2) is 9.38. The smallest absolute Gasteiger partial charge is 0.119 e. The third-order valence-electron chi connectivity index (χ3n) is 4.75. The molecule has 1 aliphatic heterocycles. The lowest BCUT2D eigenvalue weighted by atomic mass is 10.2. The molecular formula is C21H27ClN2O2. The van der Waals surface area contributed by atoms with E-state index in [0.717, 1.165) is 49.1 Å². The predicted molar refractivity (Wildman–Crippen MR) is 106 cm³/mol. The number of halogens is 1. The van der Waals surface area contributed by atoms with Gasteiger partial charge >= 0.3 is 0 Å². The summed E-state index contributed by atoms with van der Waals surface area (Å²) in [7, 11) is 0. The lowest BCUT2D eigenvalue weighted by Gasteiger charge is -2.35. The second-order valence-corrected chi connectivity index (χ2v) is 7.35. The van der Waals surface area contributed by atoms with Crippen molar-refractivity contribution < 1.29 is 9.84 Å². The molecule has 3 rings (SSSR count). The lowest BCUT2D eigenvalue weighted by Crippen LogP contribution is -2.48. The van der Waals surface area contributed by atoms with Gasteiger partial charge in [-0.2, -0.15) is 0 Å². The van der Waals surface area contributed by atoms with Crippen molar-refractivity contribution in [1.82, 2.24) is 9.80 Å². The third-order valence-corrected chi connectivity index (χ3v) is 5.18. The average Bonchev–Trinajstić information content (AvgIpc) is 2.65. The topological polar surface area (TPSA) is 35.9 Å². The molecule has 1 aliphatic rings. The maximum Gasteiger partial charge on any atom is 0.119 e. The molecule has 0 radical (unpaired) electrons. The first-order chi connectivity index (χ1) is 12.6. The van der Waals surface area contributed by atoms with Gasteiger partial charge in [-0.05, 0) is 36.2 Å². The summed E-state index contributed by atoms with van der Waals surface area (Å²) in [6, 6.07) is 16.1. The maximum atomic E-state index is 10.3. The van der Waals surface area contributed by atoms with Crippen molar-refractivity contribution in [3.63, 3.8) is 0 Å². The first kappa shape index (κ1) is 19.2. The number of aliphatic hydroxyl groups excluding tert-OH is 1. The van der Waals surface area contributed by atoms with Gasteiger partial charge < -0.3 is 9.84 Å². The van der Waals surface area contributed by atoms with Gasteiger partial charge in [0.25, 0.3) is 0 Å². The van der Waals surface area contributed by atoms with Gasteiger partial charge in [0.2, 0.25) is 0 Å². The summed E-state index contributed by atoms with van der Waals surface area (Å²) in [6.45, 7) is 7.89. The predicted octanol–water partition coefficient (Wildman–Crippen LogP) is 3.21. The van der Waals surface area contributed by atoms with E-state index >= 15 is 0 Å². The van der Waals surface area contributed by atoms with Crippen LogP contribution in [0.3, 0.4) is 0 Å². The van der Waals surface area contributed by atoms with Gasteiger partial charge in [0.1, 0.15) is 18.5 Å². The molecule has 2 aromatic carbocycles. The summed E-state index contributed by atoms with van der Waals surface area (Å²) < 4.78 is 5.70. The Hall–Kier alpha value is -1.59. The second-order valence-electron chi connectivity index (χ2n) is 6.94. The molecule has 0 unspecified atom stereocenters. The monoisotopic (exact) mass is 374 g/mol. The molecule has 0 aromatic heterocycles. The van der Waals surface area contributed by atoms with E-state index in [1.54, 1.807) is 0 Å². The number of benzene rings is 2. The fourth-order valence-electron chi connectivity index (χ4n) is 3.22. The standard InChI is InChI=1S/C21H27ClN2O2/c1-17-13-20(7-8-21(17)22)26-16-19(25)15-24-11-9-23(10-12-24)14-18-5-3-2-4-6-18/h2-8,13,19,25H,9-12,14-16H2,1H3/t19-/m0/s1. The molecule has 1 heterocycles. The number of aryl methyl sites for hydroxylation is 1. The minimum absolute atomic E-state index is 0.297. The van der Waals surface area contributed by atoms with Gasteiger partial charge in [-0.25, -0.2) is 0 Å². The average molecular weight is 375 g/mol. The molecule has 0 amide bonds. The van der Waals surface area contributed by atoms with Crippen LogP contribution >= 0.6 is 11.6 Å². The van der Waals surface area contributed by atoms with Crippen molar-refractivity contribution in [3.8, 4) is 5.75 Å². The van der Waals surface area contributed by atoms with Crippen LogP contribution in [-0.4, -0.2) is 60.3 Å². The Morgan fingerprint density at radius 2 is 1.73 bits per heavy atom. The zero-order valence-corrected chi connectivity index (χ0v) is 16.0. The van der Waals surface area contributed by atoms with Gasteiger partial charge in [-0.15, -0.1) is 0 Å². The normalized spacial score (nSPS) is 17.2. The van der Waals surface area contributed by atoms with E-state index in [1.165, 1.54) is 5.56 Å². The molecule has 0 aliphatic carbocycles. The van der Waals surface area contributed by atoms with E-state index in [0.29, 0.717) is 13.2 Å². The van der Waals surface area contributed by atoms with Crippen LogP contribution in [-0.2, 0) is 6.54 Å². The Morgan fingerprint density at radius 1 is 1.04 bits per heavy atom. The Bertz CT molecular complexity index is 688. The van der Waals surface area contributed by atoms with E-state index < -0.39 is 6.10 Å². The highest BCUT2D eigenvalue weighted by Gasteiger charge is 2.19. The minimum atomic E-state index is -0.494. The summed E-state index contributed by atoms with van der Waals surface area (Å²) in [5.41, 5.74) is 2.33. The molecule has 5 heteroatoms.